The smallest absolute Gasteiger partial charge is 0.249 e. The number of nitrogens with one attached hydrogen (secondary N) is 1. The number of aliphatic hydroxyl groups is 1. The largest absolute Gasteiger partial charge is 0.497 e. The molecular formula is C14H23N2O5P. The highest BCUT2D eigenvalue weighted by molar-refractivity contribution is 7.62. The summed E-state index contributed by atoms with van der Waals surface area (Å²) < 4.78 is 17.5. The van der Waals surface area contributed by atoms with E-state index in [-0.39, 0.29) is 19.7 Å². The van der Waals surface area contributed by atoms with Crippen LogP contribution in [0.1, 0.15) is 17.8 Å². The average molecular weight is 330 g/mol. The number of carbonyl (C=O) groups is 1. The normalized spacial score (nSPS) is 12.8. The zero-order valence-corrected chi connectivity index (χ0v) is 13.9. The van der Waals surface area contributed by atoms with E-state index < -0.39 is 18.8 Å². The van der Waals surface area contributed by atoms with Crippen LogP contribution in [-0.2, 0) is 9.36 Å². The van der Waals surface area contributed by atoms with Gasteiger partial charge >= 0.3 is 0 Å². The Balaban J connectivity index is 2.81. The maximum atomic E-state index is 12.5. The summed E-state index contributed by atoms with van der Waals surface area (Å²) in [5.41, 5.74) is 0.775. The molecule has 22 heavy (non-hydrogen) atoms. The molecule has 124 valence electrons. The summed E-state index contributed by atoms with van der Waals surface area (Å²) in [4.78, 5) is 11.4. The van der Waals surface area contributed by atoms with Gasteiger partial charge in [-0.15, -0.1) is 0 Å². The van der Waals surface area contributed by atoms with Crippen molar-refractivity contribution in [1.82, 2.24) is 10.4 Å². The van der Waals surface area contributed by atoms with Crippen LogP contribution >= 0.6 is 7.14 Å². The van der Waals surface area contributed by atoms with Crippen LogP contribution in [0.15, 0.2) is 24.3 Å². The van der Waals surface area contributed by atoms with Gasteiger partial charge in [0.25, 0.3) is 0 Å². The van der Waals surface area contributed by atoms with Crippen LogP contribution in [0.2, 0.25) is 0 Å². The molecule has 1 atom stereocenters. The molecular weight excluding hydrogens is 307 g/mol. The summed E-state index contributed by atoms with van der Waals surface area (Å²) in [5, 5.41) is 21.7. The first kappa shape index (κ1) is 18.6. The molecule has 1 unspecified atom stereocenters. The maximum Gasteiger partial charge on any atom is 0.249 e. The van der Waals surface area contributed by atoms with Crippen LogP contribution in [0.25, 0.3) is 0 Å². The van der Waals surface area contributed by atoms with Crippen molar-refractivity contribution in [3.63, 3.8) is 0 Å². The predicted molar refractivity (Wildman–Crippen MR) is 83.5 cm³/mol. The number of hydroxylamine groups is 2. The maximum absolute atomic E-state index is 12.5. The Bertz CT molecular complexity index is 529. The van der Waals surface area contributed by atoms with Crippen molar-refractivity contribution < 1.29 is 24.4 Å². The monoisotopic (exact) mass is 330 g/mol. The molecule has 0 bridgehead atoms. The molecule has 1 aromatic carbocycles. The molecule has 3 N–H and O–H groups in total. The first-order valence-electron chi connectivity index (χ1n) is 6.81. The van der Waals surface area contributed by atoms with Crippen LogP contribution in [-0.4, -0.2) is 55.0 Å². The number of carbonyl (C=O) groups excluding carboxylic acids is 1. The summed E-state index contributed by atoms with van der Waals surface area (Å²) in [7, 11) is -1.01. The van der Waals surface area contributed by atoms with E-state index in [9.17, 15) is 14.6 Å². The standard InChI is InChI=1S/C14H23N2O5P/c1-21-12-6-4-11(5-7-12)14(22(2,3)20)15-10-16(19)13(18)8-9-17/h4-7,14-15,17,19H,8-10H2,1-3H3. The lowest BCUT2D eigenvalue weighted by Gasteiger charge is -2.25. The zero-order chi connectivity index (χ0) is 16.8. The van der Waals surface area contributed by atoms with Gasteiger partial charge in [-0.05, 0) is 31.0 Å². The number of benzene rings is 1. The second kappa shape index (κ2) is 8.29. The fourth-order valence-corrected chi connectivity index (χ4v) is 3.38. The topological polar surface area (TPSA) is 99.1 Å². The molecule has 8 heteroatoms. The highest BCUT2D eigenvalue weighted by Crippen LogP contribution is 2.50. The minimum Gasteiger partial charge on any atom is -0.497 e. The van der Waals surface area contributed by atoms with Gasteiger partial charge in [-0.3, -0.25) is 15.3 Å². The van der Waals surface area contributed by atoms with Crippen molar-refractivity contribution in [3.05, 3.63) is 29.8 Å². The van der Waals surface area contributed by atoms with Crippen LogP contribution in [0, 0.1) is 0 Å². The predicted octanol–water partition coefficient (Wildman–Crippen LogP) is 1.46. The Morgan fingerprint density at radius 2 is 1.95 bits per heavy atom. The Morgan fingerprint density at radius 1 is 1.36 bits per heavy atom. The lowest BCUT2D eigenvalue weighted by atomic mass is 10.2. The number of amides is 1. The average Bonchev–Trinajstić information content (AvgIpc) is 2.46. The summed E-state index contributed by atoms with van der Waals surface area (Å²) in [6.07, 6.45) is -0.165. The molecule has 7 nitrogen and oxygen atoms in total. The lowest BCUT2D eigenvalue weighted by molar-refractivity contribution is -0.167. The molecule has 0 saturated heterocycles. The van der Waals surface area contributed by atoms with Gasteiger partial charge in [-0.25, -0.2) is 5.06 Å². The van der Waals surface area contributed by atoms with E-state index in [1.165, 1.54) is 0 Å². The number of nitrogens with zero attached hydrogens (tertiary/aromatic N) is 1. The van der Waals surface area contributed by atoms with Crippen molar-refractivity contribution in [1.29, 1.82) is 0 Å². The van der Waals surface area contributed by atoms with Crippen molar-refractivity contribution in [2.24, 2.45) is 0 Å². The van der Waals surface area contributed by atoms with Crippen LogP contribution in [0.5, 0.6) is 5.75 Å². The van der Waals surface area contributed by atoms with Gasteiger partial charge in [0.15, 0.2) is 0 Å². The minimum atomic E-state index is -2.57. The van der Waals surface area contributed by atoms with E-state index in [2.05, 4.69) is 5.32 Å². The third-order valence-corrected chi connectivity index (χ3v) is 4.83. The molecule has 1 amide bonds. The van der Waals surface area contributed by atoms with E-state index in [0.29, 0.717) is 10.8 Å². The number of hydrogen-bond donors (Lipinski definition) is 3. The lowest BCUT2D eigenvalue weighted by Crippen LogP contribution is -2.38. The zero-order valence-electron chi connectivity index (χ0n) is 13.0. The number of aliphatic hydroxyl groups excluding tert-OH is 1. The quantitative estimate of drug-likeness (QED) is 0.289. The van der Waals surface area contributed by atoms with Crippen LogP contribution in [0.4, 0.5) is 0 Å². The van der Waals surface area contributed by atoms with Crippen molar-refractivity contribution in [3.8, 4) is 5.75 Å². The Morgan fingerprint density at radius 3 is 2.41 bits per heavy atom. The number of rotatable bonds is 8. The van der Waals surface area contributed by atoms with Gasteiger partial charge < -0.3 is 14.4 Å². The molecule has 1 aromatic rings. The first-order chi connectivity index (χ1) is 10.3. The molecule has 0 spiro atoms. The van der Waals surface area contributed by atoms with Gasteiger partial charge in [0.1, 0.15) is 12.9 Å². The third-order valence-electron chi connectivity index (χ3n) is 3.10. The number of ether oxygens (including phenoxy) is 1. The molecule has 0 aliphatic carbocycles. The third kappa shape index (κ3) is 5.42. The first-order valence-corrected chi connectivity index (χ1v) is 9.48. The number of methoxy groups -OCH3 is 1. The Labute approximate surface area is 130 Å². The van der Waals surface area contributed by atoms with Gasteiger partial charge in [-0.2, -0.15) is 0 Å². The summed E-state index contributed by atoms with van der Waals surface area (Å²) >= 11 is 0. The van der Waals surface area contributed by atoms with E-state index in [1.807, 2.05) is 0 Å². The molecule has 0 saturated carbocycles. The van der Waals surface area contributed by atoms with Crippen molar-refractivity contribution in [2.75, 3.05) is 33.7 Å². The molecule has 0 aliphatic rings. The molecule has 0 fully saturated rings. The van der Waals surface area contributed by atoms with E-state index in [0.717, 1.165) is 5.56 Å². The van der Waals surface area contributed by atoms with Crippen molar-refractivity contribution >= 4 is 13.0 Å². The van der Waals surface area contributed by atoms with Gasteiger partial charge in [0.05, 0.1) is 32.6 Å². The summed E-state index contributed by atoms with van der Waals surface area (Å²) in [5.74, 6) is -0.424. The molecule has 0 aliphatic heterocycles. The summed E-state index contributed by atoms with van der Waals surface area (Å²) in [6, 6.07) is 7.08. The number of hydrogen-bond acceptors (Lipinski definition) is 6. The van der Waals surface area contributed by atoms with Gasteiger partial charge in [-0.1, -0.05) is 12.1 Å². The Kier molecular flexibility index (Phi) is 7.03. The SMILES string of the molecule is COc1ccc(C(NCN(O)C(=O)CCO)P(C)(C)=O)cc1. The van der Waals surface area contributed by atoms with Crippen molar-refractivity contribution in [2.45, 2.75) is 12.2 Å². The van der Waals surface area contributed by atoms with E-state index in [1.54, 1.807) is 44.7 Å². The Hall–Kier alpha value is -1.40. The van der Waals surface area contributed by atoms with Gasteiger partial charge in [0.2, 0.25) is 5.91 Å². The minimum absolute atomic E-state index is 0.165. The summed E-state index contributed by atoms with van der Waals surface area (Å²) in [6.45, 7) is 2.75. The second-order valence-corrected chi connectivity index (χ2v) is 8.62. The van der Waals surface area contributed by atoms with E-state index in [4.69, 9.17) is 9.84 Å². The van der Waals surface area contributed by atoms with E-state index >= 15 is 0 Å². The van der Waals surface area contributed by atoms with Crippen LogP contribution in [0.3, 0.4) is 0 Å². The fourth-order valence-electron chi connectivity index (χ4n) is 1.97. The highest BCUT2D eigenvalue weighted by Gasteiger charge is 2.25. The fraction of sp³-hybridized carbons (Fsp3) is 0.500. The molecule has 0 heterocycles. The van der Waals surface area contributed by atoms with Crippen LogP contribution < -0.4 is 10.1 Å². The highest BCUT2D eigenvalue weighted by atomic mass is 31.2. The van der Waals surface area contributed by atoms with Gasteiger partial charge in [0, 0.05) is 0 Å². The molecule has 0 aromatic heterocycles. The second-order valence-electron chi connectivity index (χ2n) is 5.24. The molecule has 0 radical (unpaired) electrons. The molecule has 1 rings (SSSR count).